The smallest absolute Gasteiger partial charge is 0.229 e. The number of rotatable bonds is 5. The van der Waals surface area contributed by atoms with Gasteiger partial charge in [-0.25, -0.2) is 0 Å². The van der Waals surface area contributed by atoms with Crippen LogP contribution in [0.4, 0.5) is 11.4 Å². The zero-order valence-electron chi connectivity index (χ0n) is 14.7. The Hall–Kier alpha value is -3.15. The highest BCUT2D eigenvalue weighted by atomic mass is 16.5. The third kappa shape index (κ3) is 3.74. The lowest BCUT2D eigenvalue weighted by molar-refractivity contribution is -0.122. The Morgan fingerprint density at radius 1 is 1.15 bits per heavy atom. The van der Waals surface area contributed by atoms with Crippen LogP contribution in [0.25, 0.3) is 0 Å². The number of ether oxygens (including phenoxy) is 1. The fraction of sp³-hybridized carbons (Fsp3) is 0.250. The fourth-order valence-electron chi connectivity index (χ4n) is 2.94. The van der Waals surface area contributed by atoms with E-state index >= 15 is 0 Å². The van der Waals surface area contributed by atoms with Crippen LogP contribution >= 0.6 is 0 Å². The molecule has 134 valence electrons. The molecule has 0 aromatic heterocycles. The molecule has 6 heteroatoms. The van der Waals surface area contributed by atoms with Gasteiger partial charge in [-0.15, -0.1) is 0 Å². The molecule has 1 aliphatic rings. The number of benzene rings is 2. The summed E-state index contributed by atoms with van der Waals surface area (Å²) in [5.74, 6) is -0.0993. The Labute approximate surface area is 151 Å². The van der Waals surface area contributed by atoms with Gasteiger partial charge in [0.15, 0.2) is 5.78 Å². The number of carbonyl (C=O) groups excluding carboxylic acids is 3. The summed E-state index contributed by atoms with van der Waals surface area (Å²) in [5, 5.41) is 2.81. The maximum absolute atomic E-state index is 12.5. The predicted molar refractivity (Wildman–Crippen MR) is 98.5 cm³/mol. The first-order valence-corrected chi connectivity index (χ1v) is 8.34. The minimum absolute atomic E-state index is 0.0294. The number of carbonyl (C=O) groups is 3. The van der Waals surface area contributed by atoms with E-state index in [0.29, 0.717) is 23.5 Å². The third-order valence-electron chi connectivity index (χ3n) is 4.42. The molecule has 1 fully saturated rings. The van der Waals surface area contributed by atoms with E-state index in [1.807, 2.05) is 12.1 Å². The summed E-state index contributed by atoms with van der Waals surface area (Å²) in [6, 6.07) is 13.9. The summed E-state index contributed by atoms with van der Waals surface area (Å²) in [4.78, 5) is 37.7. The molecule has 1 heterocycles. The Morgan fingerprint density at radius 2 is 1.88 bits per heavy atom. The predicted octanol–water partition coefficient (Wildman–Crippen LogP) is 2.89. The van der Waals surface area contributed by atoms with Gasteiger partial charge in [-0.3, -0.25) is 14.4 Å². The number of ketones is 1. The Balaban J connectivity index is 1.67. The van der Waals surface area contributed by atoms with Crippen LogP contribution in [0.3, 0.4) is 0 Å². The van der Waals surface area contributed by atoms with Crippen LogP contribution < -0.4 is 15.0 Å². The van der Waals surface area contributed by atoms with E-state index in [9.17, 15) is 14.4 Å². The fourth-order valence-corrected chi connectivity index (χ4v) is 2.94. The van der Waals surface area contributed by atoms with E-state index in [1.165, 1.54) is 6.92 Å². The molecule has 0 saturated carbocycles. The zero-order chi connectivity index (χ0) is 18.7. The Morgan fingerprint density at radius 3 is 2.54 bits per heavy atom. The number of hydrogen-bond acceptors (Lipinski definition) is 4. The van der Waals surface area contributed by atoms with Crippen molar-refractivity contribution in [2.75, 3.05) is 23.9 Å². The molecule has 1 unspecified atom stereocenters. The summed E-state index contributed by atoms with van der Waals surface area (Å²) in [7, 11) is 1.57. The van der Waals surface area contributed by atoms with Gasteiger partial charge in [-0.05, 0) is 43.3 Å². The summed E-state index contributed by atoms with van der Waals surface area (Å²) in [6.07, 6.45) is 0.161. The van der Waals surface area contributed by atoms with Gasteiger partial charge >= 0.3 is 0 Å². The lowest BCUT2D eigenvalue weighted by Gasteiger charge is -2.17. The molecule has 0 bridgehead atoms. The van der Waals surface area contributed by atoms with Gasteiger partial charge < -0.3 is 15.0 Å². The molecule has 2 aromatic carbocycles. The van der Waals surface area contributed by atoms with Gasteiger partial charge in [0, 0.05) is 36.0 Å². The average molecular weight is 352 g/mol. The molecule has 2 aromatic rings. The second-order valence-electron chi connectivity index (χ2n) is 6.23. The minimum Gasteiger partial charge on any atom is -0.497 e. The molecule has 0 spiro atoms. The lowest BCUT2D eigenvalue weighted by Crippen LogP contribution is -2.28. The maximum Gasteiger partial charge on any atom is 0.229 e. The van der Waals surface area contributed by atoms with Gasteiger partial charge in [-0.1, -0.05) is 6.07 Å². The molecule has 1 atom stereocenters. The van der Waals surface area contributed by atoms with E-state index in [2.05, 4.69) is 5.32 Å². The van der Waals surface area contributed by atoms with Crippen molar-refractivity contribution >= 4 is 29.0 Å². The second-order valence-corrected chi connectivity index (χ2v) is 6.23. The van der Waals surface area contributed by atoms with Crippen molar-refractivity contribution in [1.82, 2.24) is 0 Å². The van der Waals surface area contributed by atoms with Crippen LogP contribution in [0.1, 0.15) is 23.7 Å². The molecule has 1 aliphatic heterocycles. The van der Waals surface area contributed by atoms with Gasteiger partial charge in [0.2, 0.25) is 11.8 Å². The summed E-state index contributed by atoms with van der Waals surface area (Å²) in [6.45, 7) is 1.81. The summed E-state index contributed by atoms with van der Waals surface area (Å²) >= 11 is 0. The molecule has 3 rings (SSSR count). The van der Waals surface area contributed by atoms with E-state index in [1.54, 1.807) is 48.4 Å². The molecule has 1 saturated heterocycles. The van der Waals surface area contributed by atoms with Crippen LogP contribution in [0, 0.1) is 5.92 Å². The molecule has 6 nitrogen and oxygen atoms in total. The number of hydrogen-bond donors (Lipinski definition) is 1. The van der Waals surface area contributed by atoms with E-state index in [-0.39, 0.29) is 24.0 Å². The molecular formula is C20H20N2O4. The highest BCUT2D eigenvalue weighted by Crippen LogP contribution is 2.28. The molecule has 1 N–H and O–H groups in total. The number of amides is 2. The summed E-state index contributed by atoms with van der Waals surface area (Å²) < 4.78 is 5.19. The first-order valence-electron chi connectivity index (χ1n) is 8.34. The normalized spacial score (nSPS) is 16.5. The van der Waals surface area contributed by atoms with E-state index in [0.717, 1.165) is 5.69 Å². The van der Waals surface area contributed by atoms with Gasteiger partial charge in [0.05, 0.1) is 13.0 Å². The van der Waals surface area contributed by atoms with Crippen LogP contribution in [-0.2, 0) is 9.59 Å². The third-order valence-corrected chi connectivity index (χ3v) is 4.42. The highest BCUT2D eigenvalue weighted by Gasteiger charge is 2.35. The largest absolute Gasteiger partial charge is 0.497 e. The SMILES string of the molecule is COc1cccc(N2CC(C(=O)Nc3ccc(C(C)=O)cc3)CC2=O)c1. The number of methoxy groups -OCH3 is 1. The number of Topliss-reactive ketones (excluding diaryl/α,β-unsaturated/α-hetero) is 1. The number of nitrogens with one attached hydrogen (secondary N) is 1. The molecule has 0 radical (unpaired) electrons. The number of anilines is 2. The van der Waals surface area contributed by atoms with Crippen LogP contribution in [0.5, 0.6) is 5.75 Å². The first kappa shape index (κ1) is 17.7. The van der Waals surface area contributed by atoms with Crippen molar-refractivity contribution in [3.63, 3.8) is 0 Å². The topological polar surface area (TPSA) is 75.7 Å². The second kappa shape index (κ2) is 7.39. The monoisotopic (exact) mass is 352 g/mol. The molecule has 2 amide bonds. The molecule has 0 aliphatic carbocycles. The minimum atomic E-state index is -0.429. The number of nitrogens with zero attached hydrogens (tertiary/aromatic N) is 1. The van der Waals surface area contributed by atoms with Gasteiger partial charge in [-0.2, -0.15) is 0 Å². The first-order chi connectivity index (χ1) is 12.5. The maximum atomic E-state index is 12.5. The van der Waals surface area contributed by atoms with Crippen molar-refractivity contribution in [2.24, 2.45) is 5.92 Å². The van der Waals surface area contributed by atoms with Crippen LogP contribution in [0.15, 0.2) is 48.5 Å². The quantitative estimate of drug-likeness (QED) is 0.840. The van der Waals surface area contributed by atoms with Crippen molar-refractivity contribution in [1.29, 1.82) is 0 Å². The van der Waals surface area contributed by atoms with E-state index in [4.69, 9.17) is 4.74 Å². The van der Waals surface area contributed by atoms with Crippen molar-refractivity contribution < 1.29 is 19.1 Å². The summed E-state index contributed by atoms with van der Waals surface area (Å²) in [5.41, 5.74) is 1.91. The van der Waals surface area contributed by atoms with Crippen molar-refractivity contribution in [3.05, 3.63) is 54.1 Å². The molecule has 26 heavy (non-hydrogen) atoms. The van der Waals surface area contributed by atoms with Crippen LogP contribution in [0.2, 0.25) is 0 Å². The standard InChI is InChI=1S/C20H20N2O4/c1-13(23)14-6-8-16(9-7-14)21-20(25)15-10-19(24)22(12-15)17-4-3-5-18(11-17)26-2/h3-9,11,15H,10,12H2,1-2H3,(H,21,25). The lowest BCUT2D eigenvalue weighted by atomic mass is 10.1. The van der Waals surface area contributed by atoms with Crippen molar-refractivity contribution in [3.8, 4) is 5.75 Å². The van der Waals surface area contributed by atoms with Crippen LogP contribution in [-0.4, -0.2) is 31.3 Å². The Bertz CT molecular complexity index is 845. The van der Waals surface area contributed by atoms with E-state index < -0.39 is 5.92 Å². The molecular weight excluding hydrogens is 332 g/mol. The van der Waals surface area contributed by atoms with Gasteiger partial charge in [0.25, 0.3) is 0 Å². The average Bonchev–Trinajstić information content (AvgIpc) is 3.04. The highest BCUT2D eigenvalue weighted by molar-refractivity contribution is 6.03. The zero-order valence-corrected chi connectivity index (χ0v) is 14.7. The van der Waals surface area contributed by atoms with Gasteiger partial charge in [0.1, 0.15) is 5.75 Å². The Kier molecular flexibility index (Phi) is 5.02. The van der Waals surface area contributed by atoms with Crippen molar-refractivity contribution in [2.45, 2.75) is 13.3 Å².